The quantitative estimate of drug-likeness (QED) is 0.634. The summed E-state index contributed by atoms with van der Waals surface area (Å²) in [5.74, 6) is -1.30. The van der Waals surface area contributed by atoms with E-state index in [0.29, 0.717) is 0 Å². The van der Waals surface area contributed by atoms with E-state index in [9.17, 15) is 9.59 Å². The molecular formula is C9H17NO5. The number of hydrogen-bond donors (Lipinski definition) is 3. The number of hydrogen-bond acceptors (Lipinski definition) is 4. The molecule has 0 aromatic heterocycles. The van der Waals surface area contributed by atoms with Crippen molar-refractivity contribution in [3.63, 3.8) is 0 Å². The van der Waals surface area contributed by atoms with Gasteiger partial charge in [-0.2, -0.15) is 0 Å². The lowest BCUT2D eigenvalue weighted by atomic mass is 10.2. The predicted octanol–water partition coefficient (Wildman–Crippen LogP) is 0.347. The van der Waals surface area contributed by atoms with Crippen molar-refractivity contribution in [3.8, 4) is 0 Å². The molecule has 0 fully saturated rings. The third-order valence-electron chi connectivity index (χ3n) is 1.37. The molecule has 0 bridgehead atoms. The van der Waals surface area contributed by atoms with E-state index in [1.165, 1.54) is 0 Å². The minimum absolute atomic E-state index is 0.0470. The first kappa shape index (κ1) is 13.7. The molecule has 0 saturated heterocycles. The van der Waals surface area contributed by atoms with Crippen LogP contribution in [0.25, 0.3) is 0 Å². The van der Waals surface area contributed by atoms with Gasteiger partial charge < -0.3 is 20.3 Å². The Bertz CT molecular complexity index is 233. The zero-order chi connectivity index (χ0) is 12.1. The van der Waals surface area contributed by atoms with E-state index in [4.69, 9.17) is 14.9 Å². The van der Waals surface area contributed by atoms with Gasteiger partial charge in [0.2, 0.25) is 0 Å². The molecule has 0 unspecified atom stereocenters. The molecule has 0 heterocycles. The number of nitrogens with one attached hydrogen (secondary N) is 1. The van der Waals surface area contributed by atoms with Gasteiger partial charge in [0.05, 0.1) is 0 Å². The van der Waals surface area contributed by atoms with Crippen LogP contribution in [0, 0.1) is 0 Å². The summed E-state index contributed by atoms with van der Waals surface area (Å²) in [4.78, 5) is 21.3. The summed E-state index contributed by atoms with van der Waals surface area (Å²) in [6.45, 7) is 5.22. The molecule has 15 heavy (non-hydrogen) atoms. The third-order valence-corrected chi connectivity index (χ3v) is 1.37. The Morgan fingerprint density at radius 3 is 2.33 bits per heavy atom. The van der Waals surface area contributed by atoms with Gasteiger partial charge in [-0.25, -0.2) is 9.59 Å². The van der Waals surface area contributed by atoms with E-state index >= 15 is 0 Å². The summed E-state index contributed by atoms with van der Waals surface area (Å²) in [7, 11) is 0. The second kappa shape index (κ2) is 5.55. The van der Waals surface area contributed by atoms with E-state index in [2.05, 4.69) is 5.32 Å². The lowest BCUT2D eigenvalue weighted by molar-refractivity contribution is -0.146. The molecule has 0 spiro atoms. The lowest BCUT2D eigenvalue weighted by Crippen LogP contribution is -2.35. The summed E-state index contributed by atoms with van der Waals surface area (Å²) < 4.78 is 4.90. The van der Waals surface area contributed by atoms with Gasteiger partial charge >= 0.3 is 12.1 Å². The minimum Gasteiger partial charge on any atom is -0.479 e. The molecule has 0 saturated carbocycles. The molecule has 3 N–H and O–H groups in total. The first-order chi connectivity index (χ1) is 6.72. The second-order valence-corrected chi connectivity index (χ2v) is 4.07. The number of alkyl carbamates (subject to hydrolysis) is 1. The summed E-state index contributed by atoms with van der Waals surface area (Å²) in [5, 5.41) is 19.6. The van der Waals surface area contributed by atoms with Crippen LogP contribution in [0.3, 0.4) is 0 Å². The van der Waals surface area contributed by atoms with Crippen LogP contribution in [-0.2, 0) is 9.53 Å². The lowest BCUT2D eigenvalue weighted by Gasteiger charge is -2.19. The van der Waals surface area contributed by atoms with Crippen molar-refractivity contribution in [3.05, 3.63) is 0 Å². The number of carbonyl (C=O) groups is 2. The first-order valence-electron chi connectivity index (χ1n) is 4.60. The number of aliphatic hydroxyl groups is 1. The van der Waals surface area contributed by atoms with Crippen molar-refractivity contribution in [2.75, 3.05) is 6.54 Å². The van der Waals surface area contributed by atoms with Crippen molar-refractivity contribution in [1.29, 1.82) is 0 Å². The average molecular weight is 219 g/mol. The van der Waals surface area contributed by atoms with Gasteiger partial charge in [0.15, 0.2) is 6.10 Å². The van der Waals surface area contributed by atoms with E-state index < -0.39 is 23.8 Å². The number of ether oxygens (including phenoxy) is 1. The Morgan fingerprint density at radius 1 is 1.40 bits per heavy atom. The smallest absolute Gasteiger partial charge is 0.407 e. The third kappa shape index (κ3) is 7.75. The van der Waals surface area contributed by atoms with Crippen molar-refractivity contribution in [2.24, 2.45) is 0 Å². The van der Waals surface area contributed by atoms with Gasteiger partial charge in [-0.3, -0.25) is 0 Å². The summed E-state index contributed by atoms with van der Waals surface area (Å²) in [6.07, 6.45) is -2.13. The largest absolute Gasteiger partial charge is 0.479 e. The van der Waals surface area contributed by atoms with Crippen LogP contribution in [0.4, 0.5) is 4.79 Å². The maximum atomic E-state index is 11.0. The predicted molar refractivity (Wildman–Crippen MR) is 52.5 cm³/mol. The molecular weight excluding hydrogens is 202 g/mol. The molecule has 0 aliphatic rings. The van der Waals surface area contributed by atoms with Crippen LogP contribution in [0.15, 0.2) is 0 Å². The highest BCUT2D eigenvalue weighted by Gasteiger charge is 2.17. The normalized spacial score (nSPS) is 13.1. The highest BCUT2D eigenvalue weighted by molar-refractivity contribution is 5.72. The Hall–Kier alpha value is -1.30. The van der Waals surface area contributed by atoms with Crippen molar-refractivity contribution in [1.82, 2.24) is 5.32 Å². The number of aliphatic carboxylic acids is 1. The minimum atomic E-state index is -1.46. The summed E-state index contributed by atoms with van der Waals surface area (Å²) in [6, 6.07) is 0. The molecule has 6 nitrogen and oxygen atoms in total. The summed E-state index contributed by atoms with van der Waals surface area (Å²) >= 11 is 0. The van der Waals surface area contributed by atoms with Gasteiger partial charge in [0.25, 0.3) is 0 Å². The van der Waals surface area contributed by atoms with E-state index in [-0.39, 0.29) is 13.0 Å². The first-order valence-corrected chi connectivity index (χ1v) is 4.60. The number of carboxylic acids is 1. The SMILES string of the molecule is CC(C)(C)OC(=O)NCC[C@@H](O)C(=O)O. The molecule has 88 valence electrons. The van der Waals surface area contributed by atoms with E-state index in [1.807, 2.05) is 0 Å². The van der Waals surface area contributed by atoms with Gasteiger partial charge in [-0.1, -0.05) is 0 Å². The number of amides is 1. The van der Waals surface area contributed by atoms with Gasteiger partial charge in [0.1, 0.15) is 5.60 Å². The molecule has 0 radical (unpaired) electrons. The van der Waals surface area contributed by atoms with E-state index in [1.54, 1.807) is 20.8 Å². The summed E-state index contributed by atoms with van der Waals surface area (Å²) in [5.41, 5.74) is -0.588. The number of carbonyl (C=O) groups excluding carboxylic acids is 1. The maximum absolute atomic E-state index is 11.0. The zero-order valence-corrected chi connectivity index (χ0v) is 9.11. The zero-order valence-electron chi connectivity index (χ0n) is 9.11. The van der Waals surface area contributed by atoms with Crippen LogP contribution in [0.5, 0.6) is 0 Å². The standard InChI is InChI=1S/C9H17NO5/c1-9(2,3)15-8(14)10-5-4-6(11)7(12)13/h6,11H,4-5H2,1-3H3,(H,10,14)(H,12,13)/t6-/m1/s1. The van der Waals surface area contributed by atoms with Crippen LogP contribution < -0.4 is 5.32 Å². The molecule has 1 amide bonds. The molecule has 0 aliphatic carbocycles. The van der Waals surface area contributed by atoms with Crippen LogP contribution in [0.2, 0.25) is 0 Å². The molecule has 0 aromatic carbocycles. The molecule has 1 atom stereocenters. The Kier molecular flexibility index (Phi) is 5.07. The van der Waals surface area contributed by atoms with Crippen LogP contribution in [-0.4, -0.2) is 40.5 Å². The number of rotatable bonds is 4. The van der Waals surface area contributed by atoms with Gasteiger partial charge in [-0.05, 0) is 20.8 Å². The van der Waals surface area contributed by atoms with Gasteiger partial charge in [-0.15, -0.1) is 0 Å². The van der Waals surface area contributed by atoms with Crippen LogP contribution in [0.1, 0.15) is 27.2 Å². The number of aliphatic hydroxyl groups excluding tert-OH is 1. The van der Waals surface area contributed by atoms with Crippen molar-refractivity contribution >= 4 is 12.1 Å². The van der Waals surface area contributed by atoms with Crippen molar-refractivity contribution < 1.29 is 24.5 Å². The van der Waals surface area contributed by atoms with Crippen molar-refractivity contribution in [2.45, 2.75) is 38.9 Å². The number of carboxylic acid groups (broad SMARTS) is 1. The fraction of sp³-hybridized carbons (Fsp3) is 0.778. The highest BCUT2D eigenvalue weighted by atomic mass is 16.6. The fourth-order valence-electron chi connectivity index (χ4n) is 0.749. The monoisotopic (exact) mass is 219 g/mol. The highest BCUT2D eigenvalue weighted by Crippen LogP contribution is 2.06. The fourth-order valence-corrected chi connectivity index (χ4v) is 0.749. The molecule has 0 rings (SSSR count). The Balaban J connectivity index is 3.69. The Labute approximate surface area is 88.2 Å². The molecule has 6 heteroatoms. The van der Waals surface area contributed by atoms with Crippen LogP contribution >= 0.6 is 0 Å². The second-order valence-electron chi connectivity index (χ2n) is 4.07. The molecule has 0 aliphatic heterocycles. The maximum Gasteiger partial charge on any atom is 0.407 e. The topological polar surface area (TPSA) is 95.9 Å². The molecule has 0 aromatic rings. The average Bonchev–Trinajstić information content (AvgIpc) is 2.00. The van der Waals surface area contributed by atoms with E-state index in [0.717, 1.165) is 0 Å². The van der Waals surface area contributed by atoms with Gasteiger partial charge in [0, 0.05) is 13.0 Å². The Morgan fingerprint density at radius 2 is 1.93 bits per heavy atom.